The molecular weight excluding hydrogens is 374 g/mol. The van der Waals surface area contributed by atoms with Crippen LogP contribution in [0.2, 0.25) is 0 Å². The zero-order chi connectivity index (χ0) is 21.3. The zero-order valence-corrected chi connectivity index (χ0v) is 17.4. The van der Waals surface area contributed by atoms with E-state index in [2.05, 4.69) is 42.7 Å². The fourth-order valence-corrected chi connectivity index (χ4v) is 3.03. The summed E-state index contributed by atoms with van der Waals surface area (Å²) in [7, 11) is 0. The van der Waals surface area contributed by atoms with Gasteiger partial charge >= 0.3 is 0 Å². The van der Waals surface area contributed by atoms with Gasteiger partial charge in [-0.05, 0) is 72.9 Å². The van der Waals surface area contributed by atoms with Crippen LogP contribution in [-0.4, -0.2) is 0 Å². The van der Waals surface area contributed by atoms with Gasteiger partial charge in [-0.15, -0.1) is 0 Å². The van der Waals surface area contributed by atoms with Crippen molar-refractivity contribution in [2.45, 2.75) is 39.5 Å². The number of hydrogen-bond donors (Lipinski definition) is 0. The lowest BCUT2D eigenvalue weighted by Crippen LogP contribution is -1.89. The van der Waals surface area contributed by atoms with Gasteiger partial charge in [0.15, 0.2) is 0 Å². The number of aryl methyl sites for hydroxylation is 2. The van der Waals surface area contributed by atoms with Gasteiger partial charge in [0.05, 0.1) is 5.56 Å². The van der Waals surface area contributed by atoms with Crippen molar-refractivity contribution < 1.29 is 8.78 Å². The lowest BCUT2D eigenvalue weighted by Gasteiger charge is -2.00. The molecule has 0 saturated heterocycles. The molecule has 30 heavy (non-hydrogen) atoms. The fraction of sp³-hybridized carbons (Fsp3) is 0.214. The number of benzene rings is 3. The van der Waals surface area contributed by atoms with Crippen LogP contribution in [0.1, 0.15) is 60.1 Å². The van der Waals surface area contributed by atoms with Crippen molar-refractivity contribution in [3.05, 3.63) is 106 Å². The Morgan fingerprint density at radius 2 is 1.27 bits per heavy atom. The number of hydrogen-bond acceptors (Lipinski definition) is 0. The van der Waals surface area contributed by atoms with Crippen molar-refractivity contribution in [3.63, 3.8) is 0 Å². The van der Waals surface area contributed by atoms with Crippen molar-refractivity contribution in [1.82, 2.24) is 0 Å². The predicted octanol–water partition coefficient (Wildman–Crippen LogP) is 6.67. The molecule has 0 saturated carbocycles. The van der Waals surface area contributed by atoms with Crippen molar-refractivity contribution >= 4 is 0 Å². The van der Waals surface area contributed by atoms with Crippen LogP contribution in [0.3, 0.4) is 0 Å². The highest BCUT2D eigenvalue weighted by molar-refractivity contribution is 5.49. The maximum absolute atomic E-state index is 14.4. The molecular formula is C28H24F2. The van der Waals surface area contributed by atoms with Gasteiger partial charge in [-0.2, -0.15) is 0 Å². The van der Waals surface area contributed by atoms with E-state index in [4.69, 9.17) is 0 Å². The SMILES string of the molecule is CCCCc1ccc(C#Cc2ccc(C#Cc3ccc(CC)c(F)c3)cc2F)cc1. The molecule has 0 atom stereocenters. The van der Waals surface area contributed by atoms with Crippen molar-refractivity contribution in [2.24, 2.45) is 0 Å². The highest BCUT2D eigenvalue weighted by Crippen LogP contribution is 2.12. The minimum atomic E-state index is -0.415. The predicted molar refractivity (Wildman–Crippen MR) is 119 cm³/mol. The summed E-state index contributed by atoms with van der Waals surface area (Å²) < 4.78 is 28.3. The molecule has 3 aromatic rings. The van der Waals surface area contributed by atoms with E-state index in [1.54, 1.807) is 24.3 Å². The third-order valence-electron chi connectivity index (χ3n) is 4.87. The first kappa shape index (κ1) is 21.4. The molecule has 150 valence electrons. The van der Waals surface area contributed by atoms with Crippen molar-refractivity contribution in [1.29, 1.82) is 0 Å². The standard InChI is InChI=1S/C28H24F2/c1-3-5-6-21-7-9-22(10-8-21)13-17-26-18-15-24(20-28(26)30)12-11-23-14-16-25(4-2)27(29)19-23/h7-10,14-16,18-20H,3-6H2,1-2H3. The van der Waals surface area contributed by atoms with Gasteiger partial charge in [-0.3, -0.25) is 0 Å². The second-order valence-electron chi connectivity index (χ2n) is 7.15. The van der Waals surface area contributed by atoms with Gasteiger partial charge in [-0.25, -0.2) is 8.78 Å². The van der Waals surface area contributed by atoms with E-state index in [9.17, 15) is 8.78 Å². The molecule has 0 fully saturated rings. The second kappa shape index (κ2) is 10.4. The smallest absolute Gasteiger partial charge is 0.140 e. The van der Waals surface area contributed by atoms with E-state index >= 15 is 0 Å². The molecule has 0 spiro atoms. The van der Waals surface area contributed by atoms with E-state index in [-0.39, 0.29) is 5.82 Å². The van der Waals surface area contributed by atoms with Gasteiger partial charge in [-0.1, -0.05) is 62.1 Å². The molecule has 0 aliphatic rings. The van der Waals surface area contributed by atoms with E-state index in [0.717, 1.165) is 12.0 Å². The molecule has 2 heteroatoms. The Hall–Kier alpha value is -3.36. The quantitative estimate of drug-likeness (QED) is 0.431. The first-order valence-electron chi connectivity index (χ1n) is 10.3. The van der Waals surface area contributed by atoms with E-state index in [1.807, 2.05) is 19.1 Å². The molecule has 0 aromatic heterocycles. The maximum atomic E-state index is 14.4. The summed E-state index contributed by atoms with van der Waals surface area (Å²) >= 11 is 0. The third-order valence-corrected chi connectivity index (χ3v) is 4.87. The van der Waals surface area contributed by atoms with E-state index in [1.165, 1.54) is 30.5 Å². The zero-order valence-electron chi connectivity index (χ0n) is 17.4. The molecule has 0 unspecified atom stereocenters. The van der Waals surface area contributed by atoms with Crippen LogP contribution in [-0.2, 0) is 12.8 Å². The number of unbranched alkanes of at least 4 members (excludes halogenated alkanes) is 1. The Labute approximate surface area is 178 Å². The summed E-state index contributed by atoms with van der Waals surface area (Å²) in [6, 6.07) is 17.7. The monoisotopic (exact) mass is 398 g/mol. The van der Waals surface area contributed by atoms with Gasteiger partial charge in [0.1, 0.15) is 11.6 Å². The summed E-state index contributed by atoms with van der Waals surface area (Å²) in [5, 5.41) is 0. The minimum absolute atomic E-state index is 0.264. The molecule has 3 rings (SSSR count). The molecule has 0 aliphatic heterocycles. The maximum Gasteiger partial charge on any atom is 0.140 e. The van der Waals surface area contributed by atoms with Gasteiger partial charge in [0.25, 0.3) is 0 Å². The van der Waals surface area contributed by atoms with Crippen LogP contribution in [0.25, 0.3) is 0 Å². The number of rotatable bonds is 4. The van der Waals surface area contributed by atoms with Crippen molar-refractivity contribution in [2.75, 3.05) is 0 Å². The minimum Gasteiger partial charge on any atom is -0.207 e. The Morgan fingerprint density at radius 1 is 0.667 bits per heavy atom. The Kier molecular flexibility index (Phi) is 7.42. The molecule has 0 aliphatic carbocycles. The van der Waals surface area contributed by atoms with E-state index in [0.29, 0.717) is 28.7 Å². The second-order valence-corrected chi connectivity index (χ2v) is 7.15. The van der Waals surface area contributed by atoms with E-state index < -0.39 is 5.82 Å². The number of halogens is 2. The average Bonchev–Trinajstić information content (AvgIpc) is 2.76. The normalized spacial score (nSPS) is 10.0. The van der Waals surface area contributed by atoms with Crippen LogP contribution in [0.15, 0.2) is 60.7 Å². The summed E-state index contributed by atoms with van der Waals surface area (Å²) in [6.07, 6.45) is 4.04. The highest BCUT2D eigenvalue weighted by atomic mass is 19.1. The van der Waals surface area contributed by atoms with Crippen LogP contribution in [0, 0.1) is 35.3 Å². The van der Waals surface area contributed by atoms with Crippen LogP contribution < -0.4 is 0 Å². The Bertz CT molecular complexity index is 1130. The molecule has 0 nitrogen and oxygen atoms in total. The molecule has 0 heterocycles. The Balaban J connectivity index is 1.72. The van der Waals surface area contributed by atoms with Crippen molar-refractivity contribution in [3.8, 4) is 23.7 Å². The third kappa shape index (κ3) is 5.82. The molecule has 3 aromatic carbocycles. The molecule has 0 N–H and O–H groups in total. The topological polar surface area (TPSA) is 0 Å². The largest absolute Gasteiger partial charge is 0.207 e. The lowest BCUT2D eigenvalue weighted by atomic mass is 10.1. The van der Waals surface area contributed by atoms with Gasteiger partial charge in [0.2, 0.25) is 0 Å². The fourth-order valence-electron chi connectivity index (χ4n) is 3.03. The van der Waals surface area contributed by atoms with Crippen LogP contribution >= 0.6 is 0 Å². The highest BCUT2D eigenvalue weighted by Gasteiger charge is 2.02. The van der Waals surface area contributed by atoms with Gasteiger partial charge < -0.3 is 0 Å². The van der Waals surface area contributed by atoms with Crippen LogP contribution in [0.4, 0.5) is 8.78 Å². The van der Waals surface area contributed by atoms with Gasteiger partial charge in [0, 0.05) is 16.7 Å². The molecule has 0 amide bonds. The summed E-state index contributed by atoms with van der Waals surface area (Å²) in [5.41, 5.74) is 4.23. The average molecular weight is 398 g/mol. The first-order chi connectivity index (χ1) is 14.6. The summed E-state index contributed by atoms with van der Waals surface area (Å²) in [4.78, 5) is 0. The van der Waals surface area contributed by atoms with Crippen LogP contribution in [0.5, 0.6) is 0 Å². The molecule has 0 radical (unpaired) electrons. The summed E-state index contributed by atoms with van der Waals surface area (Å²) in [5.74, 6) is 11.0. The first-order valence-corrected chi connectivity index (χ1v) is 10.3. The summed E-state index contributed by atoms with van der Waals surface area (Å²) in [6.45, 7) is 4.08. The molecule has 0 bridgehead atoms. The Morgan fingerprint density at radius 3 is 1.87 bits per heavy atom. The lowest BCUT2D eigenvalue weighted by molar-refractivity contribution is 0.612.